The second-order valence-corrected chi connectivity index (χ2v) is 15.0. The third-order valence-electron chi connectivity index (χ3n) is 2.98. The molecule has 0 fully saturated rings. The van der Waals surface area contributed by atoms with Gasteiger partial charge >= 0.3 is 125 Å². The molecule has 2 rings (SSSR count). The summed E-state index contributed by atoms with van der Waals surface area (Å²) in [6.07, 6.45) is 2.43. The Hall–Kier alpha value is -1.08. The van der Waals surface area contributed by atoms with Gasteiger partial charge in [-0.15, -0.1) is 0 Å². The van der Waals surface area contributed by atoms with E-state index in [0.717, 1.165) is 11.3 Å². The van der Waals surface area contributed by atoms with Gasteiger partial charge in [-0.2, -0.15) is 0 Å². The molecule has 21 heavy (non-hydrogen) atoms. The first-order chi connectivity index (χ1) is 9.37. The molecule has 2 N–H and O–H groups in total. The van der Waals surface area contributed by atoms with Crippen LogP contribution in [0.5, 0.6) is 5.75 Å². The summed E-state index contributed by atoms with van der Waals surface area (Å²) in [5, 5.41) is 0. The number of nitrogens with zero attached hydrogens (tertiary/aromatic N) is 1. The number of carbonyl (C=O) groups is 1. The number of aliphatic imine (C=N–C) groups is 1. The average molecular weight is 400 g/mol. The molecule has 6 heteroatoms. The van der Waals surface area contributed by atoms with Crippen LogP contribution in [0.2, 0.25) is 9.88 Å². The molecule has 0 bridgehead atoms. The van der Waals surface area contributed by atoms with Crippen LogP contribution >= 0.6 is 0 Å². The molecular weight excluding hydrogens is 377 g/mol. The fraction of sp³-hybridized carbons (Fsp3) is 0.467. The van der Waals surface area contributed by atoms with Crippen LogP contribution < -0.4 is 3.07 Å². The van der Waals surface area contributed by atoms with Crippen molar-refractivity contribution in [3.05, 3.63) is 29.8 Å². The Morgan fingerprint density at radius 3 is 2.57 bits per heavy atom. The Morgan fingerprint density at radius 1 is 1.24 bits per heavy atom. The Kier molecular flexibility index (Phi) is 6.22. The topological polar surface area (TPSA) is 79.4 Å². The SMILES string of the molecule is CC(C)CC1N=Cc2ccccc2[O][Sn]([CH3])([CH3])[O]C1=O.O. The molecule has 0 aliphatic carbocycles. The number of para-hydroxylation sites is 1. The minimum absolute atomic E-state index is 0. The number of fused-ring (bicyclic) bond motifs is 1. The quantitative estimate of drug-likeness (QED) is 0.715. The molecule has 1 aliphatic rings. The van der Waals surface area contributed by atoms with Gasteiger partial charge in [0.2, 0.25) is 0 Å². The third-order valence-corrected chi connectivity index (χ3v) is 6.99. The van der Waals surface area contributed by atoms with Gasteiger partial charge in [0.05, 0.1) is 0 Å². The van der Waals surface area contributed by atoms with Crippen LogP contribution in [0, 0.1) is 5.92 Å². The van der Waals surface area contributed by atoms with Gasteiger partial charge in [-0.25, -0.2) is 0 Å². The fourth-order valence-electron chi connectivity index (χ4n) is 2.11. The van der Waals surface area contributed by atoms with Crippen LogP contribution in [0.4, 0.5) is 0 Å². The molecule has 0 aromatic heterocycles. The van der Waals surface area contributed by atoms with Crippen LogP contribution in [0.3, 0.4) is 0 Å². The van der Waals surface area contributed by atoms with E-state index in [1.807, 2.05) is 34.1 Å². The Morgan fingerprint density at radius 2 is 1.90 bits per heavy atom. The predicted octanol–water partition coefficient (Wildman–Crippen LogP) is 2.33. The standard InChI is InChI=1S/C13H17NO3.2CH3.H2O.Sn/c1-9(2)7-11(13(16)17)14-8-10-5-3-4-6-12(10)15;;;;/h3-6,8-9,11,15H,7H2,1-2H3,(H,16,17);2*1H3;1H2;/q;;;;+2/p-2. The second kappa shape index (κ2) is 7.26. The van der Waals surface area contributed by atoms with Crippen molar-refractivity contribution in [3.8, 4) is 5.75 Å². The summed E-state index contributed by atoms with van der Waals surface area (Å²) >= 11 is -3.33. The maximum Gasteiger partial charge on any atom is -0.412 e. The summed E-state index contributed by atoms with van der Waals surface area (Å²) < 4.78 is 11.7. The number of hydrogen-bond donors (Lipinski definition) is 0. The zero-order valence-electron chi connectivity index (χ0n) is 12.9. The molecule has 0 radical (unpaired) electrons. The second-order valence-electron chi connectivity index (χ2n) is 5.88. The zero-order chi connectivity index (χ0) is 14.8. The van der Waals surface area contributed by atoms with Gasteiger partial charge in [-0.1, -0.05) is 0 Å². The van der Waals surface area contributed by atoms with Gasteiger partial charge in [-0.3, -0.25) is 0 Å². The molecule has 1 aliphatic heterocycles. The van der Waals surface area contributed by atoms with Crippen molar-refractivity contribution in [2.24, 2.45) is 10.9 Å². The molecule has 0 saturated carbocycles. The van der Waals surface area contributed by atoms with E-state index in [0.29, 0.717) is 12.3 Å². The van der Waals surface area contributed by atoms with Gasteiger partial charge < -0.3 is 5.48 Å². The monoisotopic (exact) mass is 401 g/mol. The van der Waals surface area contributed by atoms with Crippen molar-refractivity contribution in [3.63, 3.8) is 0 Å². The maximum absolute atomic E-state index is 12.3. The summed E-state index contributed by atoms with van der Waals surface area (Å²) in [5.74, 6) is 0.901. The first-order valence-electron chi connectivity index (χ1n) is 6.91. The molecule has 5 nitrogen and oxygen atoms in total. The Balaban J connectivity index is 0.00000220. The molecule has 0 amide bonds. The minimum Gasteiger partial charge on any atom is -0.412 e. The normalized spacial score (nSPS) is 20.2. The molecular formula is C15H23NO4Sn. The van der Waals surface area contributed by atoms with E-state index < -0.39 is 25.2 Å². The van der Waals surface area contributed by atoms with Crippen molar-refractivity contribution in [1.29, 1.82) is 0 Å². The summed E-state index contributed by atoms with van der Waals surface area (Å²) in [7, 11) is 0. The van der Waals surface area contributed by atoms with E-state index in [9.17, 15) is 4.79 Å². The van der Waals surface area contributed by atoms with Crippen LogP contribution in [0.15, 0.2) is 29.3 Å². The van der Waals surface area contributed by atoms with E-state index in [4.69, 9.17) is 6.15 Å². The largest absolute Gasteiger partial charge is 0.412 e. The third kappa shape index (κ3) is 5.00. The van der Waals surface area contributed by atoms with Gasteiger partial charge in [0.25, 0.3) is 0 Å². The van der Waals surface area contributed by atoms with Crippen LogP contribution in [-0.2, 0) is 7.87 Å². The van der Waals surface area contributed by atoms with Crippen molar-refractivity contribution in [2.75, 3.05) is 0 Å². The van der Waals surface area contributed by atoms with E-state index in [-0.39, 0.29) is 11.4 Å². The zero-order valence-corrected chi connectivity index (χ0v) is 15.8. The smallest absolute Gasteiger partial charge is 0.412 e. The molecule has 1 aromatic carbocycles. The van der Waals surface area contributed by atoms with Crippen LogP contribution in [0.25, 0.3) is 0 Å². The maximum atomic E-state index is 12.3. The summed E-state index contributed by atoms with van der Waals surface area (Å²) in [6.45, 7) is 4.16. The number of benzene rings is 1. The minimum atomic E-state index is -3.33. The molecule has 1 atom stereocenters. The Labute approximate surface area is 130 Å². The molecule has 1 heterocycles. The number of rotatable bonds is 2. The van der Waals surface area contributed by atoms with Crippen molar-refractivity contribution >= 4 is 31.4 Å². The number of carbonyl (C=O) groups excluding carboxylic acids is 1. The van der Waals surface area contributed by atoms with E-state index >= 15 is 0 Å². The van der Waals surface area contributed by atoms with Crippen LogP contribution in [-0.4, -0.2) is 42.9 Å². The fourth-order valence-corrected chi connectivity index (χ4v) is 6.04. The van der Waals surface area contributed by atoms with Crippen molar-refractivity contribution in [1.82, 2.24) is 0 Å². The summed E-state index contributed by atoms with van der Waals surface area (Å²) in [5.41, 5.74) is 0.907. The molecule has 116 valence electrons. The van der Waals surface area contributed by atoms with Gasteiger partial charge in [-0.05, 0) is 0 Å². The Bertz CT molecular complexity index is 528. The number of hydrogen-bond acceptors (Lipinski definition) is 4. The van der Waals surface area contributed by atoms with Gasteiger partial charge in [0, 0.05) is 0 Å². The van der Waals surface area contributed by atoms with Crippen molar-refractivity contribution < 1.29 is 16.4 Å². The first kappa shape index (κ1) is 18.0. The van der Waals surface area contributed by atoms with E-state index in [1.165, 1.54) is 0 Å². The van der Waals surface area contributed by atoms with E-state index in [2.05, 4.69) is 18.8 Å². The van der Waals surface area contributed by atoms with E-state index in [1.54, 1.807) is 6.21 Å². The molecule has 1 unspecified atom stereocenters. The van der Waals surface area contributed by atoms with Gasteiger partial charge in [0.15, 0.2) is 0 Å². The van der Waals surface area contributed by atoms with Crippen molar-refractivity contribution in [2.45, 2.75) is 36.2 Å². The van der Waals surface area contributed by atoms with Crippen LogP contribution in [0.1, 0.15) is 25.8 Å². The average Bonchev–Trinajstić information content (AvgIpc) is 2.37. The first-order valence-corrected chi connectivity index (χ1v) is 15.0. The molecule has 0 spiro atoms. The summed E-state index contributed by atoms with van der Waals surface area (Å²) in [6, 6.07) is 7.27. The predicted molar refractivity (Wildman–Crippen MR) is 85.1 cm³/mol. The van der Waals surface area contributed by atoms with Gasteiger partial charge in [0.1, 0.15) is 0 Å². The molecule has 0 saturated heterocycles. The summed E-state index contributed by atoms with van der Waals surface area (Å²) in [4.78, 5) is 20.6. The molecule has 1 aromatic rings.